The number of allylic oxidation sites excluding steroid dienone is 3. The van der Waals surface area contributed by atoms with Crippen molar-refractivity contribution in [2.45, 2.75) is 45.3 Å². The summed E-state index contributed by atoms with van der Waals surface area (Å²) in [6.07, 6.45) is 1.68. The van der Waals surface area contributed by atoms with Gasteiger partial charge in [-0.3, -0.25) is 4.79 Å². The van der Waals surface area contributed by atoms with Gasteiger partial charge in [0.2, 0.25) is 5.13 Å². The van der Waals surface area contributed by atoms with Crippen molar-refractivity contribution in [3.8, 4) is 0 Å². The average molecular weight is 366 g/mol. The molecule has 0 spiro atoms. The van der Waals surface area contributed by atoms with Gasteiger partial charge in [0.05, 0.1) is 13.0 Å². The summed E-state index contributed by atoms with van der Waals surface area (Å²) < 4.78 is 20.2. The number of hydrogen-bond acceptors (Lipinski definition) is 3. The number of esters is 1. The first-order chi connectivity index (χ1) is 11.7. The van der Waals surface area contributed by atoms with E-state index in [0.717, 1.165) is 22.3 Å². The number of alkyl halides is 2. The van der Waals surface area contributed by atoms with Crippen LogP contribution in [0.1, 0.15) is 38.3 Å². The minimum atomic E-state index is -2.12. The molecule has 136 valence electrons. The average Bonchev–Trinajstić information content (AvgIpc) is 2.54. The third-order valence-electron chi connectivity index (χ3n) is 4.84. The van der Waals surface area contributed by atoms with Gasteiger partial charge >= 0.3 is 5.97 Å². The largest absolute Gasteiger partial charge is 0.466 e. The number of ether oxygens (including phenoxy) is 1. The van der Waals surface area contributed by atoms with Gasteiger partial charge in [0.1, 0.15) is 0 Å². The molecule has 0 amide bonds. The first kappa shape index (κ1) is 19.7. The number of carbonyl (C=O) groups excluding carboxylic acids is 1. The van der Waals surface area contributed by atoms with E-state index in [4.69, 9.17) is 22.1 Å². The zero-order valence-electron chi connectivity index (χ0n) is 15.1. The number of nitrogens with two attached hydrogens (primary N) is 1. The number of benzene rings is 1. The number of aryl methyl sites for hydroxylation is 1. The molecule has 2 N–H and O–H groups in total. The lowest BCUT2D eigenvalue weighted by Crippen LogP contribution is -2.44. The first-order valence-corrected chi connectivity index (χ1v) is 8.83. The molecule has 1 aliphatic carbocycles. The maximum absolute atomic E-state index is 15.3. The normalized spacial score (nSPS) is 24.8. The lowest BCUT2D eigenvalue weighted by atomic mass is 9.77. The summed E-state index contributed by atoms with van der Waals surface area (Å²) in [5, 5.41) is -2.12. The van der Waals surface area contributed by atoms with Gasteiger partial charge in [-0.2, -0.15) is 0 Å². The highest BCUT2D eigenvalue weighted by atomic mass is 35.5. The first-order valence-electron chi connectivity index (χ1n) is 8.45. The van der Waals surface area contributed by atoms with Gasteiger partial charge in [0.15, 0.2) is 0 Å². The van der Waals surface area contributed by atoms with Gasteiger partial charge in [-0.15, -0.1) is 0 Å². The molecule has 25 heavy (non-hydrogen) atoms. The summed E-state index contributed by atoms with van der Waals surface area (Å²) in [6, 6.07) is 7.12. The summed E-state index contributed by atoms with van der Waals surface area (Å²) in [6.45, 7) is 7.52. The maximum atomic E-state index is 15.3. The molecule has 3 nitrogen and oxygen atoms in total. The van der Waals surface area contributed by atoms with Gasteiger partial charge in [-0.25, -0.2) is 4.39 Å². The molecule has 0 aliphatic heterocycles. The lowest BCUT2D eigenvalue weighted by molar-refractivity contribution is -0.143. The Bertz CT molecular complexity index is 724. The van der Waals surface area contributed by atoms with Crippen molar-refractivity contribution >= 4 is 23.1 Å². The second-order valence-corrected chi connectivity index (χ2v) is 7.02. The molecule has 0 radical (unpaired) electrons. The van der Waals surface area contributed by atoms with Crippen LogP contribution in [0.25, 0.3) is 5.57 Å². The fourth-order valence-electron chi connectivity index (χ4n) is 3.21. The topological polar surface area (TPSA) is 52.3 Å². The molecule has 1 aliphatic rings. The second-order valence-electron chi connectivity index (χ2n) is 6.47. The highest BCUT2D eigenvalue weighted by Crippen LogP contribution is 2.47. The van der Waals surface area contributed by atoms with Crippen molar-refractivity contribution in [2.75, 3.05) is 6.61 Å². The molecule has 0 bridgehead atoms. The summed E-state index contributed by atoms with van der Waals surface area (Å²) in [5.74, 6) is -1.27. The van der Waals surface area contributed by atoms with Crippen molar-refractivity contribution in [2.24, 2.45) is 11.7 Å². The van der Waals surface area contributed by atoms with Crippen LogP contribution in [0, 0.1) is 12.8 Å². The van der Waals surface area contributed by atoms with Crippen molar-refractivity contribution in [1.82, 2.24) is 0 Å². The Kier molecular flexibility index (Phi) is 6.07. The van der Waals surface area contributed by atoms with Crippen LogP contribution in [0.5, 0.6) is 0 Å². The van der Waals surface area contributed by atoms with Crippen molar-refractivity contribution < 1.29 is 13.9 Å². The fraction of sp³-hybridized carbons (Fsp3) is 0.450. The van der Waals surface area contributed by atoms with Gasteiger partial charge < -0.3 is 10.5 Å². The smallest absolute Gasteiger partial charge is 0.307 e. The fourth-order valence-corrected chi connectivity index (χ4v) is 3.58. The molecule has 0 heterocycles. The summed E-state index contributed by atoms with van der Waals surface area (Å²) in [7, 11) is 0. The van der Waals surface area contributed by atoms with E-state index in [1.807, 2.05) is 38.1 Å². The molecule has 0 fully saturated rings. The Balaban J connectivity index is 2.45. The van der Waals surface area contributed by atoms with Crippen LogP contribution < -0.4 is 5.73 Å². The Morgan fingerprint density at radius 3 is 2.60 bits per heavy atom. The Morgan fingerprint density at radius 1 is 1.36 bits per heavy atom. The van der Waals surface area contributed by atoms with Crippen molar-refractivity contribution in [3.05, 3.63) is 52.6 Å². The monoisotopic (exact) mass is 365 g/mol. The van der Waals surface area contributed by atoms with E-state index in [2.05, 4.69) is 0 Å². The highest BCUT2D eigenvalue weighted by molar-refractivity contribution is 6.25. The van der Waals surface area contributed by atoms with Gasteiger partial charge in [0, 0.05) is 12.0 Å². The molecule has 5 heteroatoms. The highest BCUT2D eigenvalue weighted by Gasteiger charge is 2.45. The standard InChI is InChI=1S/C20H25ClFNO2/c1-5-25-19(24)11-18(23)17-10-16(13(3)14(4)20(17,21)22)15-9-7-6-8-12(15)2/h6-10,17-18H,5,11,23H2,1-4H3. The molecular weight excluding hydrogens is 341 g/mol. The molecule has 0 saturated carbocycles. The lowest BCUT2D eigenvalue weighted by Gasteiger charge is -2.37. The van der Waals surface area contributed by atoms with E-state index in [1.54, 1.807) is 19.9 Å². The maximum Gasteiger partial charge on any atom is 0.307 e. The molecule has 3 unspecified atom stereocenters. The quantitative estimate of drug-likeness (QED) is 0.616. The molecule has 3 atom stereocenters. The van der Waals surface area contributed by atoms with Gasteiger partial charge in [0.25, 0.3) is 0 Å². The van der Waals surface area contributed by atoms with E-state index in [0.29, 0.717) is 5.57 Å². The molecule has 2 rings (SSSR count). The number of halogens is 2. The Labute approximate surface area is 153 Å². The predicted octanol–water partition coefficient (Wildman–Crippen LogP) is 4.53. The van der Waals surface area contributed by atoms with Crippen molar-refractivity contribution in [3.63, 3.8) is 0 Å². The van der Waals surface area contributed by atoms with Crippen LogP contribution >= 0.6 is 11.6 Å². The van der Waals surface area contributed by atoms with E-state index >= 15 is 4.39 Å². The molecule has 1 aromatic rings. The molecule has 0 aromatic heterocycles. The molecule has 0 saturated heterocycles. The second kappa shape index (κ2) is 7.71. The van der Waals surface area contributed by atoms with E-state index < -0.39 is 23.1 Å². The van der Waals surface area contributed by atoms with E-state index in [9.17, 15) is 4.79 Å². The van der Waals surface area contributed by atoms with Gasteiger partial charge in [-0.05, 0) is 55.5 Å². The number of hydrogen-bond donors (Lipinski definition) is 1. The Morgan fingerprint density at radius 2 is 2.00 bits per heavy atom. The van der Waals surface area contributed by atoms with Crippen LogP contribution in [-0.2, 0) is 9.53 Å². The SMILES string of the molecule is CCOC(=O)CC(N)C1C=C(c2ccccc2C)C(C)=C(C)C1(F)Cl. The summed E-state index contributed by atoms with van der Waals surface area (Å²) in [5.41, 5.74) is 10.4. The van der Waals surface area contributed by atoms with Crippen LogP contribution in [0.15, 0.2) is 41.5 Å². The van der Waals surface area contributed by atoms with Crippen LogP contribution in [0.3, 0.4) is 0 Å². The molecular formula is C20H25ClFNO2. The van der Waals surface area contributed by atoms with E-state index in [1.165, 1.54) is 0 Å². The van der Waals surface area contributed by atoms with Crippen LogP contribution in [-0.4, -0.2) is 23.7 Å². The van der Waals surface area contributed by atoms with Gasteiger partial charge in [-0.1, -0.05) is 41.9 Å². The third-order valence-corrected chi connectivity index (χ3v) is 5.37. The zero-order chi connectivity index (χ0) is 18.8. The van der Waals surface area contributed by atoms with Crippen LogP contribution in [0.2, 0.25) is 0 Å². The zero-order valence-corrected chi connectivity index (χ0v) is 15.9. The predicted molar refractivity (Wildman–Crippen MR) is 99.9 cm³/mol. The Hall–Kier alpha value is -1.65. The van der Waals surface area contributed by atoms with Crippen LogP contribution in [0.4, 0.5) is 4.39 Å². The minimum Gasteiger partial charge on any atom is -0.466 e. The van der Waals surface area contributed by atoms with E-state index in [-0.39, 0.29) is 13.0 Å². The molecule has 1 aromatic carbocycles. The minimum absolute atomic E-state index is 0.0826. The summed E-state index contributed by atoms with van der Waals surface area (Å²) >= 11 is 6.23. The number of rotatable bonds is 5. The summed E-state index contributed by atoms with van der Waals surface area (Å²) in [4.78, 5) is 11.8. The third kappa shape index (κ3) is 3.96. The van der Waals surface area contributed by atoms with Crippen molar-refractivity contribution in [1.29, 1.82) is 0 Å². The number of carbonyl (C=O) groups is 1.